The number of aryl methyl sites for hydroxylation is 3. The van der Waals surface area contributed by atoms with E-state index in [-0.39, 0.29) is 0 Å². The Morgan fingerprint density at radius 2 is 1.24 bits per heavy atom. The van der Waals surface area contributed by atoms with Crippen LogP contribution in [-0.2, 0) is 0 Å². The minimum atomic E-state index is 0.561. The van der Waals surface area contributed by atoms with Crippen LogP contribution in [0.25, 0.3) is 0 Å². The van der Waals surface area contributed by atoms with Gasteiger partial charge in [0, 0.05) is 0 Å². The zero-order valence-corrected chi connectivity index (χ0v) is 12.0. The number of hydrogen-bond acceptors (Lipinski definition) is 0. The molecular formula is C17H24. The second-order valence-corrected chi connectivity index (χ2v) is 5.14. The molecule has 0 nitrogen and oxygen atoms in total. The average Bonchev–Trinajstić information content (AvgIpc) is 2.26. The molecule has 0 unspecified atom stereocenters. The van der Waals surface area contributed by atoms with E-state index >= 15 is 0 Å². The van der Waals surface area contributed by atoms with Crippen LogP contribution in [0.1, 0.15) is 47.6 Å². The Balaban J connectivity index is 3.63. The van der Waals surface area contributed by atoms with E-state index in [0.29, 0.717) is 5.92 Å². The fourth-order valence-electron chi connectivity index (χ4n) is 1.92. The van der Waals surface area contributed by atoms with Crippen LogP contribution in [0.15, 0.2) is 30.3 Å². The highest BCUT2D eigenvalue weighted by atomic mass is 14.1. The Bertz CT molecular complexity index is 452. The fraction of sp³-hybridized carbons (Fsp3) is 0.412. The first-order chi connectivity index (χ1) is 7.93. The lowest BCUT2D eigenvalue weighted by Crippen LogP contribution is -1.92. The van der Waals surface area contributed by atoms with E-state index < -0.39 is 0 Å². The van der Waals surface area contributed by atoms with Gasteiger partial charge in [0.1, 0.15) is 0 Å². The van der Waals surface area contributed by atoms with Crippen molar-refractivity contribution in [1.82, 2.24) is 0 Å². The Morgan fingerprint density at radius 1 is 0.706 bits per heavy atom. The molecule has 0 atom stereocenters. The van der Waals surface area contributed by atoms with Crippen molar-refractivity contribution >= 4 is 0 Å². The molecule has 0 saturated heterocycles. The van der Waals surface area contributed by atoms with Gasteiger partial charge in [0.2, 0.25) is 0 Å². The number of hydrogen-bond donors (Lipinski definition) is 0. The molecular weight excluding hydrogens is 204 g/mol. The van der Waals surface area contributed by atoms with Gasteiger partial charge >= 0.3 is 0 Å². The molecule has 0 heteroatoms. The molecule has 92 valence electrons. The summed E-state index contributed by atoms with van der Waals surface area (Å²) < 4.78 is 0. The molecule has 17 heavy (non-hydrogen) atoms. The molecule has 1 rings (SSSR count). The summed E-state index contributed by atoms with van der Waals surface area (Å²) >= 11 is 0. The molecule has 0 radical (unpaired) electrons. The molecule has 0 heterocycles. The summed E-state index contributed by atoms with van der Waals surface area (Å²) in [6.07, 6.45) is 0. The average molecular weight is 228 g/mol. The van der Waals surface area contributed by atoms with Crippen LogP contribution in [0.4, 0.5) is 0 Å². The maximum atomic E-state index is 2.27. The predicted molar refractivity (Wildman–Crippen MR) is 77.1 cm³/mol. The van der Waals surface area contributed by atoms with Gasteiger partial charge in [-0.15, -0.1) is 0 Å². The van der Waals surface area contributed by atoms with Crippen molar-refractivity contribution in [1.29, 1.82) is 0 Å². The lowest BCUT2D eigenvalue weighted by atomic mass is 9.96. The van der Waals surface area contributed by atoms with Gasteiger partial charge < -0.3 is 0 Å². The van der Waals surface area contributed by atoms with Crippen LogP contribution in [0, 0.1) is 27.7 Å². The van der Waals surface area contributed by atoms with Crippen LogP contribution < -0.4 is 0 Å². The molecule has 0 saturated carbocycles. The van der Waals surface area contributed by atoms with Crippen LogP contribution >= 0.6 is 0 Å². The Morgan fingerprint density at radius 3 is 1.82 bits per heavy atom. The van der Waals surface area contributed by atoms with Gasteiger partial charge in [-0.05, 0) is 61.4 Å². The minimum Gasteiger partial charge on any atom is -0.0617 e. The maximum Gasteiger partial charge on any atom is -0.0216 e. The molecule has 1 aromatic rings. The summed E-state index contributed by atoms with van der Waals surface area (Å²) in [5, 5.41) is 0. The highest BCUT2D eigenvalue weighted by Crippen LogP contribution is 2.19. The van der Waals surface area contributed by atoms with Crippen molar-refractivity contribution < 1.29 is 0 Å². The molecule has 1 aromatic carbocycles. The highest BCUT2D eigenvalue weighted by molar-refractivity contribution is 5.34. The summed E-state index contributed by atoms with van der Waals surface area (Å²) in [4.78, 5) is 0. The normalized spacial score (nSPS) is 10.3. The summed E-state index contributed by atoms with van der Waals surface area (Å²) in [6.45, 7) is 13.2. The summed E-state index contributed by atoms with van der Waals surface area (Å²) in [5.41, 5.74) is 6.84. The van der Waals surface area contributed by atoms with Gasteiger partial charge in [-0.3, -0.25) is 0 Å². The van der Waals surface area contributed by atoms with Crippen molar-refractivity contribution in [2.75, 3.05) is 0 Å². The third kappa shape index (κ3) is 3.59. The molecule has 0 aliphatic heterocycles. The van der Waals surface area contributed by atoms with Crippen LogP contribution in [0.5, 0.6) is 0 Å². The summed E-state index contributed by atoms with van der Waals surface area (Å²) in [5.74, 6) is 0.561. The molecule has 0 bridgehead atoms. The van der Waals surface area contributed by atoms with Crippen molar-refractivity contribution in [3.63, 3.8) is 0 Å². The largest absolute Gasteiger partial charge is 0.0617 e. The summed E-state index contributed by atoms with van der Waals surface area (Å²) in [6, 6.07) is 11.0. The van der Waals surface area contributed by atoms with Gasteiger partial charge in [-0.2, -0.15) is 0 Å². The van der Waals surface area contributed by atoms with Crippen molar-refractivity contribution in [2.24, 2.45) is 0 Å². The highest BCUT2D eigenvalue weighted by Gasteiger charge is 2.02. The first-order valence-corrected chi connectivity index (χ1v) is 6.35. The number of rotatable bonds is 1. The van der Waals surface area contributed by atoms with Gasteiger partial charge in [-0.25, -0.2) is 0 Å². The smallest absolute Gasteiger partial charge is 0.0216 e. The third-order valence-corrected chi connectivity index (χ3v) is 3.47. The molecule has 0 N–H and O–H groups in total. The van der Waals surface area contributed by atoms with E-state index in [2.05, 4.69) is 71.9 Å². The summed E-state index contributed by atoms with van der Waals surface area (Å²) in [7, 11) is 0. The molecule has 0 fully saturated rings. The molecule has 0 amide bonds. The van der Waals surface area contributed by atoms with Gasteiger partial charge in [0.15, 0.2) is 0 Å². The van der Waals surface area contributed by atoms with Gasteiger partial charge in [-0.1, -0.05) is 44.2 Å². The van der Waals surface area contributed by atoms with Crippen molar-refractivity contribution in [3.05, 3.63) is 58.1 Å². The van der Waals surface area contributed by atoms with E-state index in [1.54, 1.807) is 0 Å². The molecule has 0 aliphatic rings. The fourth-order valence-corrected chi connectivity index (χ4v) is 1.92. The molecule has 0 aliphatic carbocycles. The Labute approximate surface area is 106 Å². The van der Waals surface area contributed by atoms with Crippen molar-refractivity contribution in [2.45, 2.75) is 47.5 Å². The first-order valence-electron chi connectivity index (χ1n) is 6.35. The van der Waals surface area contributed by atoms with E-state index in [4.69, 9.17) is 0 Å². The minimum absolute atomic E-state index is 0.561. The van der Waals surface area contributed by atoms with Crippen LogP contribution in [0.2, 0.25) is 0 Å². The second kappa shape index (κ2) is 5.86. The lowest BCUT2D eigenvalue weighted by molar-refractivity contribution is 0.855. The van der Waals surface area contributed by atoms with Gasteiger partial charge in [0.25, 0.3) is 0 Å². The van der Waals surface area contributed by atoms with Crippen molar-refractivity contribution in [3.8, 4) is 0 Å². The van der Waals surface area contributed by atoms with Crippen LogP contribution in [0.3, 0.4) is 0 Å². The second-order valence-electron chi connectivity index (χ2n) is 5.14. The lowest BCUT2D eigenvalue weighted by Gasteiger charge is -2.09. The zero-order valence-electron chi connectivity index (χ0n) is 12.0. The van der Waals surface area contributed by atoms with E-state index in [0.717, 1.165) is 0 Å². The Kier molecular flexibility index (Phi) is 4.74. The molecule has 0 spiro atoms. The topological polar surface area (TPSA) is 0 Å². The Hall–Kier alpha value is -1.30. The van der Waals surface area contributed by atoms with E-state index in [1.807, 2.05) is 0 Å². The predicted octanol–water partition coefficient (Wildman–Crippen LogP) is 5.17. The van der Waals surface area contributed by atoms with E-state index in [1.165, 1.54) is 27.8 Å². The van der Waals surface area contributed by atoms with Gasteiger partial charge in [0.05, 0.1) is 0 Å². The monoisotopic (exact) mass is 228 g/mol. The molecule has 0 aromatic heterocycles. The quantitative estimate of drug-likeness (QED) is 0.622. The first kappa shape index (κ1) is 13.8. The SMILES string of the molecule is Cc1cccc(C)c(C)c(C(C)C)ccc1C. The zero-order chi connectivity index (χ0) is 13.0. The third-order valence-electron chi connectivity index (χ3n) is 3.47. The van der Waals surface area contributed by atoms with E-state index in [9.17, 15) is 0 Å². The van der Waals surface area contributed by atoms with Crippen LogP contribution in [-0.4, -0.2) is 0 Å². The standard InChI is InChI=1S/C17H24/c1-12(2)17-11-10-14(4)13(3)8-7-9-15(5)16(17)6/h7-12H,1-6H3. The maximum absolute atomic E-state index is 2.27.